The molecule has 0 radical (unpaired) electrons. The summed E-state index contributed by atoms with van der Waals surface area (Å²) < 4.78 is 32.7. The predicted molar refractivity (Wildman–Crippen MR) is 83.6 cm³/mol. The van der Waals surface area contributed by atoms with E-state index in [-0.39, 0.29) is 15.4 Å². The molecule has 0 amide bonds. The summed E-state index contributed by atoms with van der Waals surface area (Å²) >= 11 is 3.14. The van der Waals surface area contributed by atoms with Gasteiger partial charge in [0.05, 0.1) is 6.54 Å². The number of aryl methyl sites for hydroxylation is 1. The minimum atomic E-state index is -3.75. The molecule has 0 aliphatic heterocycles. The van der Waals surface area contributed by atoms with Crippen molar-refractivity contribution in [1.82, 2.24) is 10.3 Å². The van der Waals surface area contributed by atoms with Crippen LogP contribution < -0.4 is 10.0 Å². The van der Waals surface area contributed by atoms with Crippen LogP contribution in [-0.4, -0.2) is 19.9 Å². The van der Waals surface area contributed by atoms with Gasteiger partial charge < -0.3 is 9.73 Å². The lowest BCUT2D eigenvalue weighted by molar-refractivity contribution is 0.464. The van der Waals surface area contributed by atoms with Crippen molar-refractivity contribution in [3.63, 3.8) is 0 Å². The molecule has 2 aromatic rings. The summed E-state index contributed by atoms with van der Waals surface area (Å²) in [5, 5.41) is 3.07. The predicted octanol–water partition coefficient (Wildman–Crippen LogP) is 2.66. The highest BCUT2D eigenvalue weighted by Crippen LogP contribution is 2.27. The molecule has 2 heterocycles. The zero-order chi connectivity index (χ0) is 15.5. The number of rotatable bonds is 6. The summed E-state index contributed by atoms with van der Waals surface area (Å²) in [7, 11) is -3.75. The van der Waals surface area contributed by atoms with E-state index in [1.165, 1.54) is 6.07 Å². The van der Waals surface area contributed by atoms with Gasteiger partial charge in [0.25, 0.3) is 10.0 Å². The Hall–Kier alpha value is -1.38. The molecule has 0 saturated carbocycles. The molecule has 8 heteroatoms. The van der Waals surface area contributed by atoms with Crippen molar-refractivity contribution < 1.29 is 12.8 Å². The number of aromatic nitrogens is 1. The van der Waals surface area contributed by atoms with Crippen molar-refractivity contribution in [3.8, 4) is 0 Å². The molecule has 0 atom stereocenters. The van der Waals surface area contributed by atoms with Crippen molar-refractivity contribution in [2.45, 2.75) is 25.3 Å². The number of pyridine rings is 1. The van der Waals surface area contributed by atoms with Gasteiger partial charge in [0.1, 0.15) is 16.5 Å². The molecule has 6 nitrogen and oxygen atoms in total. The van der Waals surface area contributed by atoms with Crippen LogP contribution in [0.4, 0.5) is 5.82 Å². The summed E-state index contributed by atoms with van der Waals surface area (Å²) in [6, 6.07) is 6.62. The first-order valence-electron chi connectivity index (χ1n) is 6.38. The van der Waals surface area contributed by atoms with E-state index in [0.717, 1.165) is 12.2 Å². The number of sulfonamides is 1. The van der Waals surface area contributed by atoms with E-state index in [0.29, 0.717) is 12.3 Å². The number of hydrogen-bond donors (Lipinski definition) is 2. The van der Waals surface area contributed by atoms with Crippen molar-refractivity contribution in [2.75, 3.05) is 11.3 Å². The number of nitrogens with zero attached hydrogens (tertiary/aromatic N) is 1. The highest BCUT2D eigenvalue weighted by atomic mass is 79.9. The quantitative estimate of drug-likeness (QED) is 0.812. The molecular weight excluding hydrogens is 358 g/mol. The van der Waals surface area contributed by atoms with Gasteiger partial charge in [0, 0.05) is 11.8 Å². The summed E-state index contributed by atoms with van der Waals surface area (Å²) in [4.78, 5) is 4.18. The van der Waals surface area contributed by atoms with Crippen LogP contribution in [0.1, 0.15) is 18.4 Å². The minimum Gasteiger partial charge on any atom is -0.451 e. The minimum absolute atomic E-state index is 0.0544. The Balaban J connectivity index is 2.25. The van der Waals surface area contributed by atoms with Crippen LogP contribution in [0.5, 0.6) is 0 Å². The highest BCUT2D eigenvalue weighted by molar-refractivity contribution is 9.10. The van der Waals surface area contributed by atoms with E-state index in [1.54, 1.807) is 25.1 Å². The lowest BCUT2D eigenvalue weighted by atomic mass is 10.4. The molecule has 2 N–H and O–H groups in total. The Labute approximate surface area is 132 Å². The Morgan fingerprint density at radius 1 is 1.38 bits per heavy atom. The van der Waals surface area contributed by atoms with E-state index >= 15 is 0 Å². The summed E-state index contributed by atoms with van der Waals surface area (Å²) in [5.74, 6) is 0.817. The van der Waals surface area contributed by atoms with Gasteiger partial charge in [-0.3, -0.25) is 4.72 Å². The van der Waals surface area contributed by atoms with Crippen LogP contribution in [-0.2, 0) is 16.6 Å². The van der Waals surface area contributed by atoms with E-state index < -0.39 is 10.0 Å². The topological polar surface area (TPSA) is 84.2 Å². The Kier molecular flexibility index (Phi) is 5.02. The van der Waals surface area contributed by atoms with Crippen molar-refractivity contribution in [1.29, 1.82) is 0 Å². The number of anilines is 1. The Morgan fingerprint density at radius 2 is 2.14 bits per heavy atom. The maximum absolute atomic E-state index is 12.4. The third kappa shape index (κ3) is 4.05. The molecule has 2 rings (SSSR count). The van der Waals surface area contributed by atoms with Gasteiger partial charge in [-0.2, -0.15) is 0 Å². The van der Waals surface area contributed by atoms with Gasteiger partial charge in [-0.1, -0.05) is 13.0 Å². The number of halogens is 1. The van der Waals surface area contributed by atoms with Crippen molar-refractivity contribution >= 4 is 31.8 Å². The van der Waals surface area contributed by atoms with Crippen LogP contribution in [0.2, 0.25) is 0 Å². The first-order valence-corrected chi connectivity index (χ1v) is 8.65. The van der Waals surface area contributed by atoms with Gasteiger partial charge in [0.2, 0.25) is 0 Å². The molecule has 114 valence electrons. The first kappa shape index (κ1) is 16.0. The summed E-state index contributed by atoms with van der Waals surface area (Å²) in [6.07, 6.45) is 0. The average molecular weight is 374 g/mol. The van der Waals surface area contributed by atoms with Crippen molar-refractivity contribution in [2.24, 2.45) is 0 Å². The van der Waals surface area contributed by atoms with Crippen LogP contribution in [0.3, 0.4) is 0 Å². The Morgan fingerprint density at radius 3 is 2.81 bits per heavy atom. The molecule has 2 aromatic heterocycles. The second kappa shape index (κ2) is 6.59. The van der Waals surface area contributed by atoms with E-state index in [9.17, 15) is 8.42 Å². The molecule has 0 fully saturated rings. The smallest absolute Gasteiger partial charge is 0.267 e. The number of hydrogen-bond acceptors (Lipinski definition) is 5. The Bertz CT molecular complexity index is 728. The zero-order valence-corrected chi connectivity index (χ0v) is 14.1. The fraction of sp³-hybridized carbons (Fsp3) is 0.308. The number of nitrogens with one attached hydrogen (secondary N) is 2. The standard InChI is InChI=1S/C13H16BrN3O3S/c1-3-15-8-10-7-11(13(14)20-10)21(18,19)17-12-6-4-5-9(2)16-12/h4-7,15H,3,8H2,1-2H3,(H,16,17). The molecule has 0 unspecified atom stereocenters. The molecular formula is C13H16BrN3O3S. The average Bonchev–Trinajstić information content (AvgIpc) is 2.78. The molecule has 21 heavy (non-hydrogen) atoms. The summed E-state index contributed by atoms with van der Waals surface area (Å²) in [6.45, 7) is 4.99. The zero-order valence-electron chi connectivity index (χ0n) is 11.7. The summed E-state index contributed by atoms with van der Waals surface area (Å²) in [5.41, 5.74) is 0.731. The maximum atomic E-state index is 12.4. The van der Waals surface area contributed by atoms with Gasteiger partial charge in [0.15, 0.2) is 4.67 Å². The van der Waals surface area contributed by atoms with Crippen LogP contribution in [0.15, 0.2) is 38.2 Å². The van der Waals surface area contributed by atoms with Gasteiger partial charge in [-0.25, -0.2) is 13.4 Å². The largest absolute Gasteiger partial charge is 0.451 e. The molecule has 0 saturated heterocycles. The van der Waals surface area contributed by atoms with E-state index in [1.807, 2.05) is 6.92 Å². The van der Waals surface area contributed by atoms with Crippen molar-refractivity contribution in [3.05, 3.63) is 40.4 Å². The lowest BCUT2D eigenvalue weighted by Gasteiger charge is -2.06. The molecule has 0 aromatic carbocycles. The molecule has 0 aliphatic carbocycles. The van der Waals surface area contributed by atoms with Gasteiger partial charge >= 0.3 is 0 Å². The molecule has 0 bridgehead atoms. The first-order chi connectivity index (χ1) is 9.92. The molecule has 0 spiro atoms. The van der Waals surface area contributed by atoms with Gasteiger partial charge in [-0.15, -0.1) is 0 Å². The highest BCUT2D eigenvalue weighted by Gasteiger charge is 2.23. The lowest BCUT2D eigenvalue weighted by Crippen LogP contribution is -2.14. The monoisotopic (exact) mass is 373 g/mol. The fourth-order valence-electron chi connectivity index (χ4n) is 1.71. The molecule has 0 aliphatic rings. The van der Waals surface area contributed by atoms with Gasteiger partial charge in [-0.05, 0) is 41.5 Å². The van der Waals surface area contributed by atoms with Crippen LogP contribution >= 0.6 is 15.9 Å². The third-order valence-corrected chi connectivity index (χ3v) is 4.88. The normalized spacial score (nSPS) is 11.6. The van der Waals surface area contributed by atoms with E-state index in [2.05, 4.69) is 31.0 Å². The van der Waals surface area contributed by atoms with E-state index in [4.69, 9.17) is 4.42 Å². The SMILES string of the molecule is CCNCc1cc(S(=O)(=O)Nc2cccc(C)n2)c(Br)o1. The second-order valence-electron chi connectivity index (χ2n) is 4.40. The second-order valence-corrected chi connectivity index (χ2v) is 6.77. The number of furan rings is 1. The maximum Gasteiger partial charge on any atom is 0.267 e. The van der Waals surface area contributed by atoms with Crippen LogP contribution in [0.25, 0.3) is 0 Å². The van der Waals surface area contributed by atoms with Crippen LogP contribution in [0, 0.1) is 6.92 Å². The fourth-order valence-corrected chi connectivity index (χ4v) is 3.71. The third-order valence-electron chi connectivity index (χ3n) is 2.67.